The van der Waals surface area contributed by atoms with Crippen molar-refractivity contribution in [3.8, 4) is 0 Å². The third-order valence-electron chi connectivity index (χ3n) is 1.27. The molecule has 3 nitrogen and oxygen atoms in total. The molecule has 0 bridgehead atoms. The van der Waals surface area contributed by atoms with Crippen molar-refractivity contribution in [1.29, 1.82) is 0 Å². The second-order valence-corrected chi connectivity index (χ2v) is 5.72. The van der Waals surface area contributed by atoms with Gasteiger partial charge in [0.05, 0.1) is 4.90 Å². The summed E-state index contributed by atoms with van der Waals surface area (Å²) in [5, 5.41) is 0. The van der Waals surface area contributed by atoms with Crippen molar-refractivity contribution in [2.45, 2.75) is 15.3 Å². The maximum atomic E-state index is 11.9. The smallest absolute Gasteiger partial charge is 0.252 e. The molecule has 0 aromatic carbocycles. The van der Waals surface area contributed by atoms with Gasteiger partial charge in [0.1, 0.15) is 6.20 Å². The molecular formula is C7H5F3NO2S2. The first-order valence-corrected chi connectivity index (χ1v) is 6.23. The zero-order chi connectivity index (χ0) is 11.7. The predicted octanol–water partition coefficient (Wildman–Crippen LogP) is 1.90. The van der Waals surface area contributed by atoms with E-state index >= 15 is 0 Å². The molecule has 1 heterocycles. The maximum Gasteiger partial charge on any atom is 0.446 e. The van der Waals surface area contributed by atoms with Gasteiger partial charge in [-0.25, -0.2) is 8.42 Å². The van der Waals surface area contributed by atoms with E-state index in [1.165, 1.54) is 0 Å². The normalized spacial score (nSPS) is 12.8. The van der Waals surface area contributed by atoms with Gasteiger partial charge in [-0.15, -0.1) is 0 Å². The van der Waals surface area contributed by atoms with Crippen molar-refractivity contribution >= 4 is 21.6 Å². The summed E-state index contributed by atoms with van der Waals surface area (Å²) in [5.74, 6) is 0. The molecule has 1 radical (unpaired) electrons. The van der Waals surface area contributed by atoms with E-state index in [0.29, 0.717) is 0 Å². The third kappa shape index (κ3) is 4.08. The fraction of sp³-hybridized carbons (Fsp3) is 0.286. The van der Waals surface area contributed by atoms with Crippen molar-refractivity contribution in [2.75, 3.05) is 6.26 Å². The van der Waals surface area contributed by atoms with Gasteiger partial charge >= 0.3 is 5.51 Å². The van der Waals surface area contributed by atoms with Crippen LogP contribution in [0.4, 0.5) is 13.2 Å². The zero-order valence-corrected chi connectivity index (χ0v) is 9.00. The van der Waals surface area contributed by atoms with Crippen molar-refractivity contribution in [3.63, 3.8) is 0 Å². The summed E-state index contributed by atoms with van der Waals surface area (Å²) in [7, 11) is -3.58. The van der Waals surface area contributed by atoms with Crippen molar-refractivity contribution in [2.24, 2.45) is 0 Å². The Morgan fingerprint density at radius 1 is 1.47 bits per heavy atom. The van der Waals surface area contributed by atoms with E-state index < -0.39 is 27.1 Å². The highest BCUT2D eigenvalue weighted by Gasteiger charge is 2.29. The lowest BCUT2D eigenvalue weighted by Gasteiger charge is -2.05. The Labute approximate surface area is 88.6 Å². The molecular weight excluding hydrogens is 251 g/mol. The first kappa shape index (κ1) is 12.3. The standard InChI is InChI=1S/C7H5F3NO2S2/c1-15(12,13)6-2-5(3-11-4-6)14-7(8,9)10/h2-3H,1H3. The highest BCUT2D eigenvalue weighted by molar-refractivity contribution is 8.00. The number of sulfone groups is 1. The molecule has 83 valence electrons. The highest BCUT2D eigenvalue weighted by atomic mass is 32.2. The van der Waals surface area contributed by atoms with Crippen LogP contribution >= 0.6 is 11.8 Å². The fourth-order valence-corrected chi connectivity index (χ4v) is 1.92. The first-order valence-electron chi connectivity index (χ1n) is 3.52. The van der Waals surface area contributed by atoms with Crippen LogP contribution in [0, 0.1) is 6.20 Å². The fourth-order valence-electron chi connectivity index (χ4n) is 0.738. The largest absolute Gasteiger partial charge is 0.446 e. The number of hydrogen-bond donors (Lipinski definition) is 0. The van der Waals surface area contributed by atoms with Gasteiger partial charge in [-0.1, -0.05) is 0 Å². The summed E-state index contributed by atoms with van der Waals surface area (Å²) < 4.78 is 57.8. The Bertz CT molecular complexity index is 456. The molecule has 1 aromatic heterocycles. The summed E-state index contributed by atoms with van der Waals surface area (Å²) in [6, 6.07) is 0.889. The van der Waals surface area contributed by atoms with E-state index in [1.807, 2.05) is 0 Å². The second-order valence-electron chi connectivity index (χ2n) is 2.60. The summed E-state index contributed by atoms with van der Waals surface area (Å²) in [5.41, 5.74) is -4.46. The van der Waals surface area contributed by atoms with Gasteiger partial charge in [-0.2, -0.15) is 13.2 Å². The van der Waals surface area contributed by atoms with Crippen LogP contribution in [-0.2, 0) is 9.84 Å². The number of thioether (sulfide) groups is 1. The van der Waals surface area contributed by atoms with Gasteiger partial charge in [0.25, 0.3) is 0 Å². The van der Waals surface area contributed by atoms with E-state index in [4.69, 9.17) is 0 Å². The molecule has 0 spiro atoms. The number of rotatable bonds is 2. The number of alkyl halides is 3. The number of pyridine rings is 1. The monoisotopic (exact) mass is 256 g/mol. The molecule has 0 amide bonds. The molecule has 8 heteroatoms. The molecule has 1 rings (SSSR count). The van der Waals surface area contributed by atoms with E-state index in [0.717, 1.165) is 18.5 Å². The minimum atomic E-state index is -4.46. The van der Waals surface area contributed by atoms with Gasteiger partial charge in [-0.05, 0) is 17.8 Å². The number of nitrogens with zero attached hydrogens (tertiary/aromatic N) is 1. The zero-order valence-electron chi connectivity index (χ0n) is 7.37. The SMILES string of the molecule is CS(=O)(=O)c1[c]ncc(SC(F)(F)F)c1. The minimum Gasteiger partial charge on any atom is -0.252 e. The Morgan fingerprint density at radius 3 is 2.53 bits per heavy atom. The van der Waals surface area contributed by atoms with E-state index in [1.54, 1.807) is 0 Å². The lowest BCUT2D eigenvalue weighted by atomic mass is 10.5. The number of halogens is 3. The van der Waals surface area contributed by atoms with Crippen molar-refractivity contribution in [1.82, 2.24) is 4.98 Å². The molecule has 0 saturated heterocycles. The Morgan fingerprint density at radius 2 is 2.07 bits per heavy atom. The molecule has 0 fully saturated rings. The lowest BCUT2D eigenvalue weighted by molar-refractivity contribution is -0.0328. The quantitative estimate of drug-likeness (QED) is 0.758. The van der Waals surface area contributed by atoms with Gasteiger partial charge in [0.2, 0.25) is 0 Å². The topological polar surface area (TPSA) is 47.0 Å². The highest BCUT2D eigenvalue weighted by Crippen LogP contribution is 2.36. The molecule has 0 aliphatic carbocycles. The third-order valence-corrected chi connectivity index (χ3v) is 2.97. The average Bonchev–Trinajstić information content (AvgIpc) is 1.99. The van der Waals surface area contributed by atoms with E-state index in [2.05, 4.69) is 11.2 Å². The molecule has 0 unspecified atom stereocenters. The molecule has 0 aliphatic rings. The predicted molar refractivity (Wildman–Crippen MR) is 48.1 cm³/mol. The summed E-state index contributed by atoms with van der Waals surface area (Å²) in [4.78, 5) is 2.68. The molecule has 0 aliphatic heterocycles. The molecule has 0 saturated carbocycles. The van der Waals surface area contributed by atoms with Crippen LogP contribution in [0.5, 0.6) is 0 Å². The van der Waals surface area contributed by atoms with Crippen LogP contribution in [-0.4, -0.2) is 25.2 Å². The maximum absolute atomic E-state index is 11.9. The Balaban J connectivity index is 3.04. The Kier molecular flexibility index (Phi) is 3.29. The first-order chi connectivity index (χ1) is 6.68. The van der Waals surface area contributed by atoms with Crippen molar-refractivity contribution in [3.05, 3.63) is 18.5 Å². The number of hydrogen-bond acceptors (Lipinski definition) is 4. The molecule has 1 aromatic rings. The van der Waals surface area contributed by atoms with Crippen molar-refractivity contribution < 1.29 is 21.6 Å². The van der Waals surface area contributed by atoms with Gasteiger partial charge in [0.15, 0.2) is 9.84 Å². The summed E-state index contributed by atoms with van der Waals surface area (Å²) in [6.07, 6.45) is 3.90. The number of aromatic nitrogens is 1. The van der Waals surface area contributed by atoms with E-state index in [9.17, 15) is 21.6 Å². The lowest BCUT2D eigenvalue weighted by Crippen LogP contribution is -2.02. The van der Waals surface area contributed by atoms with Crippen LogP contribution in [0.2, 0.25) is 0 Å². The summed E-state index contributed by atoms with van der Waals surface area (Å²) >= 11 is -0.416. The molecule has 0 atom stereocenters. The minimum absolute atomic E-state index is 0.276. The van der Waals surface area contributed by atoms with Gasteiger partial charge < -0.3 is 0 Å². The van der Waals surface area contributed by atoms with Gasteiger partial charge in [-0.3, -0.25) is 4.98 Å². The van der Waals surface area contributed by atoms with Crippen LogP contribution in [0.1, 0.15) is 0 Å². The van der Waals surface area contributed by atoms with Crippen LogP contribution in [0.25, 0.3) is 0 Å². The van der Waals surface area contributed by atoms with Crippen LogP contribution in [0.3, 0.4) is 0 Å². The molecule has 0 N–H and O–H groups in total. The van der Waals surface area contributed by atoms with Gasteiger partial charge in [0, 0.05) is 17.3 Å². The second kappa shape index (κ2) is 4.01. The van der Waals surface area contributed by atoms with E-state index in [-0.39, 0.29) is 9.79 Å². The van der Waals surface area contributed by atoms with Crippen LogP contribution < -0.4 is 0 Å². The average molecular weight is 256 g/mol. The van der Waals surface area contributed by atoms with Crippen LogP contribution in [0.15, 0.2) is 22.1 Å². The Hall–Kier alpha value is -0.760. The summed E-state index contributed by atoms with van der Waals surface area (Å²) in [6.45, 7) is 0. The molecule has 15 heavy (non-hydrogen) atoms.